The molecule has 118 valence electrons. The van der Waals surface area contributed by atoms with Gasteiger partial charge in [-0.2, -0.15) is 10.5 Å². The van der Waals surface area contributed by atoms with Crippen LogP contribution in [0.1, 0.15) is 5.56 Å². The van der Waals surface area contributed by atoms with Gasteiger partial charge < -0.3 is 5.73 Å². The van der Waals surface area contributed by atoms with Crippen LogP contribution in [0.25, 0.3) is 27.7 Å². The SMILES string of the molecule is N#CSc1c(-c2ccccc2)c(C#N)c2nc(N)c3ccccc3n12. The highest BCUT2D eigenvalue weighted by Crippen LogP contribution is 2.40. The van der Waals surface area contributed by atoms with Gasteiger partial charge in [-0.1, -0.05) is 42.5 Å². The molecule has 0 saturated carbocycles. The summed E-state index contributed by atoms with van der Waals surface area (Å²) in [5.74, 6) is 0.366. The number of nitriles is 2. The number of para-hydroxylation sites is 1. The van der Waals surface area contributed by atoms with Crippen molar-refractivity contribution in [3.63, 3.8) is 0 Å². The van der Waals surface area contributed by atoms with Crippen molar-refractivity contribution in [2.45, 2.75) is 5.03 Å². The Morgan fingerprint density at radius 2 is 1.72 bits per heavy atom. The molecule has 25 heavy (non-hydrogen) atoms. The smallest absolute Gasteiger partial charge is 0.159 e. The molecule has 0 aliphatic heterocycles. The van der Waals surface area contributed by atoms with E-state index in [1.807, 2.05) is 59.0 Å². The third-order valence-corrected chi connectivity index (χ3v) is 4.74. The molecule has 2 heterocycles. The van der Waals surface area contributed by atoms with Crippen LogP contribution in [0.5, 0.6) is 0 Å². The molecular weight excluding hydrogens is 330 g/mol. The average Bonchev–Trinajstić information content (AvgIpc) is 2.96. The van der Waals surface area contributed by atoms with E-state index in [-0.39, 0.29) is 0 Å². The van der Waals surface area contributed by atoms with Crippen molar-refractivity contribution in [2.24, 2.45) is 0 Å². The summed E-state index contributed by atoms with van der Waals surface area (Å²) in [6.45, 7) is 0. The molecule has 0 aliphatic carbocycles. The number of hydrogen-bond acceptors (Lipinski definition) is 5. The molecule has 0 bridgehead atoms. The molecule has 6 heteroatoms. The predicted molar refractivity (Wildman–Crippen MR) is 98.7 cm³/mol. The van der Waals surface area contributed by atoms with E-state index in [1.54, 1.807) is 0 Å². The van der Waals surface area contributed by atoms with Crippen LogP contribution in [-0.4, -0.2) is 9.38 Å². The Bertz CT molecular complexity index is 1200. The molecule has 0 amide bonds. The van der Waals surface area contributed by atoms with Crippen molar-refractivity contribution in [1.82, 2.24) is 9.38 Å². The van der Waals surface area contributed by atoms with Crippen molar-refractivity contribution >= 4 is 34.1 Å². The lowest BCUT2D eigenvalue weighted by Crippen LogP contribution is -1.99. The van der Waals surface area contributed by atoms with Gasteiger partial charge >= 0.3 is 0 Å². The minimum Gasteiger partial charge on any atom is -0.383 e. The molecule has 0 radical (unpaired) electrons. The zero-order valence-corrected chi connectivity index (χ0v) is 13.8. The number of nitrogen functional groups attached to an aromatic ring is 1. The van der Waals surface area contributed by atoms with E-state index in [2.05, 4.69) is 16.5 Å². The van der Waals surface area contributed by atoms with Gasteiger partial charge in [0.1, 0.15) is 27.9 Å². The van der Waals surface area contributed by atoms with Crippen LogP contribution in [-0.2, 0) is 0 Å². The summed E-state index contributed by atoms with van der Waals surface area (Å²) in [6.07, 6.45) is 0. The second-order valence-corrected chi connectivity index (χ2v) is 6.17. The highest BCUT2D eigenvalue weighted by molar-refractivity contribution is 8.03. The summed E-state index contributed by atoms with van der Waals surface area (Å²) in [7, 11) is 0. The summed E-state index contributed by atoms with van der Waals surface area (Å²) < 4.78 is 1.85. The molecule has 0 aliphatic rings. The second kappa shape index (κ2) is 5.86. The number of aromatic nitrogens is 2. The standard InChI is InChI=1S/C19H11N5S/c20-10-14-16(12-6-2-1-3-7-12)19(25-11-21)24-15-9-5-4-8-13(15)17(22)23-18(14)24/h1-9H,(H2,22,23). The lowest BCUT2D eigenvalue weighted by atomic mass is 10.1. The van der Waals surface area contributed by atoms with Gasteiger partial charge in [-0.3, -0.25) is 4.40 Å². The van der Waals surface area contributed by atoms with Crippen LogP contribution in [0.2, 0.25) is 0 Å². The van der Waals surface area contributed by atoms with E-state index < -0.39 is 0 Å². The summed E-state index contributed by atoms with van der Waals surface area (Å²) in [6, 6.07) is 19.4. The number of hydrogen-bond donors (Lipinski definition) is 1. The first-order chi connectivity index (χ1) is 12.3. The maximum Gasteiger partial charge on any atom is 0.159 e. The van der Waals surface area contributed by atoms with Crippen LogP contribution >= 0.6 is 11.8 Å². The summed E-state index contributed by atoms with van der Waals surface area (Å²) in [5.41, 5.74) is 9.39. The summed E-state index contributed by atoms with van der Waals surface area (Å²) in [4.78, 5) is 4.46. The van der Waals surface area contributed by atoms with E-state index in [0.29, 0.717) is 27.6 Å². The number of nitrogens with zero attached hydrogens (tertiary/aromatic N) is 4. The Hall–Kier alpha value is -3.48. The fraction of sp³-hybridized carbons (Fsp3) is 0. The van der Waals surface area contributed by atoms with Gasteiger partial charge in [-0.25, -0.2) is 4.98 Å². The molecule has 5 nitrogen and oxygen atoms in total. The van der Waals surface area contributed by atoms with Gasteiger partial charge in [0, 0.05) is 22.7 Å². The minimum absolute atomic E-state index is 0.366. The highest BCUT2D eigenvalue weighted by atomic mass is 32.2. The Morgan fingerprint density at radius 3 is 2.44 bits per heavy atom. The first-order valence-corrected chi connectivity index (χ1v) is 8.32. The average molecular weight is 341 g/mol. The monoisotopic (exact) mass is 341 g/mol. The quantitative estimate of drug-likeness (QED) is 0.436. The summed E-state index contributed by atoms with van der Waals surface area (Å²) in [5, 5.41) is 22.7. The van der Waals surface area contributed by atoms with Crippen LogP contribution in [0, 0.1) is 22.0 Å². The predicted octanol–water partition coefficient (Wildman–Crippen LogP) is 4.18. The number of thioether (sulfide) groups is 1. The lowest BCUT2D eigenvalue weighted by molar-refractivity contribution is 1.08. The van der Waals surface area contributed by atoms with Crippen molar-refractivity contribution < 1.29 is 0 Å². The summed E-state index contributed by atoms with van der Waals surface area (Å²) >= 11 is 1.02. The largest absolute Gasteiger partial charge is 0.383 e. The first kappa shape index (κ1) is 15.1. The number of fused-ring (bicyclic) bond motifs is 3. The highest BCUT2D eigenvalue weighted by Gasteiger charge is 2.23. The Morgan fingerprint density at radius 1 is 1.00 bits per heavy atom. The van der Waals surface area contributed by atoms with Crippen LogP contribution in [0.4, 0.5) is 5.82 Å². The Kier molecular flexibility index (Phi) is 3.53. The van der Waals surface area contributed by atoms with Crippen molar-refractivity contribution in [3.8, 4) is 22.6 Å². The topological polar surface area (TPSA) is 90.9 Å². The normalized spacial score (nSPS) is 10.6. The third-order valence-electron chi connectivity index (χ3n) is 4.07. The first-order valence-electron chi connectivity index (χ1n) is 7.50. The lowest BCUT2D eigenvalue weighted by Gasteiger charge is -2.07. The van der Waals surface area contributed by atoms with E-state index in [9.17, 15) is 10.5 Å². The molecule has 4 aromatic rings. The molecule has 0 saturated heterocycles. The van der Waals surface area contributed by atoms with Gasteiger partial charge in [0.05, 0.1) is 5.52 Å². The molecule has 4 rings (SSSR count). The number of benzene rings is 2. The molecular formula is C19H11N5S. The molecule has 0 atom stereocenters. The van der Waals surface area contributed by atoms with Crippen LogP contribution < -0.4 is 5.73 Å². The molecule has 0 fully saturated rings. The van der Waals surface area contributed by atoms with Gasteiger partial charge in [0.2, 0.25) is 0 Å². The Labute approximate surface area is 147 Å². The maximum absolute atomic E-state index is 9.79. The van der Waals surface area contributed by atoms with E-state index in [0.717, 1.165) is 28.2 Å². The second-order valence-electron chi connectivity index (χ2n) is 5.40. The zero-order chi connectivity index (χ0) is 17.4. The van der Waals surface area contributed by atoms with Gasteiger partial charge in [0.15, 0.2) is 5.65 Å². The number of rotatable bonds is 2. The van der Waals surface area contributed by atoms with Gasteiger partial charge in [-0.15, -0.1) is 0 Å². The fourth-order valence-electron chi connectivity index (χ4n) is 3.05. The Balaban J connectivity index is 2.27. The van der Waals surface area contributed by atoms with Crippen LogP contribution in [0.15, 0.2) is 59.6 Å². The molecule has 0 spiro atoms. The van der Waals surface area contributed by atoms with Crippen LogP contribution in [0.3, 0.4) is 0 Å². The van der Waals surface area contributed by atoms with Crippen molar-refractivity contribution in [3.05, 3.63) is 60.2 Å². The zero-order valence-electron chi connectivity index (χ0n) is 13.0. The molecule has 2 N–H and O–H groups in total. The van der Waals surface area contributed by atoms with E-state index >= 15 is 0 Å². The maximum atomic E-state index is 9.79. The molecule has 0 unspecified atom stereocenters. The molecule has 2 aromatic heterocycles. The van der Waals surface area contributed by atoms with E-state index in [4.69, 9.17) is 5.73 Å². The number of nitrogens with two attached hydrogens (primary N) is 1. The van der Waals surface area contributed by atoms with Gasteiger partial charge in [0.25, 0.3) is 0 Å². The number of anilines is 1. The van der Waals surface area contributed by atoms with E-state index in [1.165, 1.54) is 0 Å². The van der Waals surface area contributed by atoms with Gasteiger partial charge in [-0.05, 0) is 17.7 Å². The van der Waals surface area contributed by atoms with Crippen molar-refractivity contribution in [1.29, 1.82) is 10.5 Å². The molecule has 2 aromatic carbocycles. The minimum atomic E-state index is 0.366. The third kappa shape index (κ3) is 2.20. The number of thiocyanates is 1. The fourth-order valence-corrected chi connectivity index (χ4v) is 3.73. The van der Waals surface area contributed by atoms with Crippen molar-refractivity contribution in [2.75, 3.05) is 5.73 Å².